The Morgan fingerprint density at radius 1 is 1.05 bits per heavy atom. The van der Waals surface area contributed by atoms with Crippen molar-refractivity contribution in [3.63, 3.8) is 0 Å². The molecule has 0 saturated carbocycles. The van der Waals surface area contributed by atoms with Crippen LogP contribution in [-0.4, -0.2) is 18.2 Å². The average molecular weight is 337 g/mol. The molecule has 2 rings (SSSR count). The van der Waals surface area contributed by atoms with Crippen LogP contribution < -0.4 is 10.6 Å². The molecule has 114 valence electrons. The zero-order valence-corrected chi connectivity index (χ0v) is 13.3. The molecule has 0 fully saturated rings. The summed E-state index contributed by atoms with van der Waals surface area (Å²) in [5.41, 5.74) is 1.81. The average Bonchev–Trinajstić information content (AvgIpc) is 2.49. The summed E-state index contributed by atoms with van der Waals surface area (Å²) >= 11 is 11.9. The number of carbonyl (C=O) groups excluding carboxylic acids is 2. The van der Waals surface area contributed by atoms with Crippen molar-refractivity contribution in [2.24, 2.45) is 0 Å². The monoisotopic (exact) mass is 336 g/mol. The fraction of sp³-hybridized carbons (Fsp3) is 0.125. The van der Waals surface area contributed by atoms with Crippen molar-refractivity contribution in [2.45, 2.75) is 6.92 Å². The van der Waals surface area contributed by atoms with Gasteiger partial charge in [0.2, 0.25) is 5.91 Å². The van der Waals surface area contributed by atoms with Crippen molar-refractivity contribution in [1.82, 2.24) is 0 Å². The van der Waals surface area contributed by atoms with Crippen LogP contribution >= 0.6 is 23.2 Å². The first-order valence-electron chi connectivity index (χ1n) is 6.56. The van der Waals surface area contributed by atoms with Gasteiger partial charge in [0.15, 0.2) is 5.78 Å². The van der Waals surface area contributed by atoms with Crippen LogP contribution in [0.2, 0.25) is 10.0 Å². The van der Waals surface area contributed by atoms with Crippen LogP contribution in [0.5, 0.6) is 0 Å². The number of hydrogen-bond donors (Lipinski definition) is 2. The highest BCUT2D eigenvalue weighted by molar-refractivity contribution is 6.43. The molecule has 0 aliphatic heterocycles. The van der Waals surface area contributed by atoms with Gasteiger partial charge in [0.25, 0.3) is 0 Å². The van der Waals surface area contributed by atoms with Crippen LogP contribution in [0.25, 0.3) is 0 Å². The fourth-order valence-corrected chi connectivity index (χ4v) is 2.18. The second-order valence-electron chi connectivity index (χ2n) is 4.64. The second kappa shape index (κ2) is 7.29. The van der Waals surface area contributed by atoms with Gasteiger partial charge in [-0.05, 0) is 43.3 Å². The maximum atomic E-state index is 11.9. The molecule has 0 spiro atoms. The molecule has 0 aromatic heterocycles. The van der Waals surface area contributed by atoms with Crippen LogP contribution in [-0.2, 0) is 4.79 Å². The largest absolute Gasteiger partial charge is 0.375 e. The summed E-state index contributed by atoms with van der Waals surface area (Å²) < 4.78 is 0. The number of hydrogen-bond acceptors (Lipinski definition) is 3. The molecule has 2 aromatic carbocycles. The van der Waals surface area contributed by atoms with Crippen molar-refractivity contribution in [1.29, 1.82) is 0 Å². The van der Waals surface area contributed by atoms with Gasteiger partial charge < -0.3 is 10.6 Å². The number of amides is 1. The van der Waals surface area contributed by atoms with E-state index >= 15 is 0 Å². The van der Waals surface area contributed by atoms with Gasteiger partial charge in [-0.25, -0.2) is 0 Å². The second-order valence-corrected chi connectivity index (χ2v) is 5.42. The maximum absolute atomic E-state index is 11.9. The van der Waals surface area contributed by atoms with Crippen molar-refractivity contribution in [3.8, 4) is 0 Å². The third kappa shape index (κ3) is 4.23. The SMILES string of the molecule is CC(=O)c1ccc(NC(=O)CNc2cccc(Cl)c2Cl)cc1. The summed E-state index contributed by atoms with van der Waals surface area (Å²) in [5, 5.41) is 6.45. The van der Waals surface area contributed by atoms with Gasteiger partial charge in [-0.15, -0.1) is 0 Å². The van der Waals surface area contributed by atoms with Crippen LogP contribution in [0.4, 0.5) is 11.4 Å². The molecule has 22 heavy (non-hydrogen) atoms. The lowest BCUT2D eigenvalue weighted by Crippen LogP contribution is -2.21. The molecule has 2 aromatic rings. The lowest BCUT2D eigenvalue weighted by atomic mass is 10.1. The molecule has 0 aliphatic rings. The van der Waals surface area contributed by atoms with Gasteiger partial charge in [0.05, 0.1) is 22.3 Å². The molecule has 1 amide bonds. The van der Waals surface area contributed by atoms with Crippen molar-refractivity contribution in [3.05, 3.63) is 58.1 Å². The van der Waals surface area contributed by atoms with Gasteiger partial charge >= 0.3 is 0 Å². The van der Waals surface area contributed by atoms with Gasteiger partial charge in [0.1, 0.15) is 0 Å². The summed E-state index contributed by atoms with van der Waals surface area (Å²) in [5.74, 6) is -0.248. The maximum Gasteiger partial charge on any atom is 0.243 e. The molecular formula is C16H14Cl2N2O2. The summed E-state index contributed by atoms with van der Waals surface area (Å²) in [6.07, 6.45) is 0. The fourth-order valence-electron chi connectivity index (χ4n) is 1.81. The normalized spacial score (nSPS) is 10.1. The van der Waals surface area contributed by atoms with Gasteiger partial charge in [-0.2, -0.15) is 0 Å². The minimum Gasteiger partial charge on any atom is -0.375 e. The number of Topliss-reactive ketones (excluding diaryl/α,β-unsaturated/α-hetero) is 1. The first-order chi connectivity index (χ1) is 10.5. The number of benzene rings is 2. The predicted octanol–water partition coefficient (Wildman–Crippen LogP) is 4.25. The Balaban J connectivity index is 1.93. The van der Waals surface area contributed by atoms with E-state index in [4.69, 9.17) is 23.2 Å². The van der Waals surface area contributed by atoms with Crippen molar-refractivity contribution in [2.75, 3.05) is 17.2 Å². The Kier molecular flexibility index (Phi) is 5.41. The zero-order valence-electron chi connectivity index (χ0n) is 11.8. The minimum absolute atomic E-state index is 0.0184. The lowest BCUT2D eigenvalue weighted by Gasteiger charge is -2.10. The Labute approximate surface area is 138 Å². The van der Waals surface area contributed by atoms with Gasteiger partial charge in [-0.1, -0.05) is 29.3 Å². The quantitative estimate of drug-likeness (QED) is 0.802. The van der Waals surface area contributed by atoms with E-state index in [1.807, 2.05) is 0 Å². The minimum atomic E-state index is -0.230. The highest BCUT2D eigenvalue weighted by atomic mass is 35.5. The van der Waals surface area contributed by atoms with E-state index < -0.39 is 0 Å². The number of anilines is 2. The van der Waals surface area contributed by atoms with E-state index in [0.717, 1.165) is 0 Å². The molecule has 0 saturated heterocycles. The molecule has 0 atom stereocenters. The Morgan fingerprint density at radius 3 is 2.36 bits per heavy atom. The van der Waals surface area contributed by atoms with Crippen LogP contribution in [0.15, 0.2) is 42.5 Å². The highest BCUT2D eigenvalue weighted by Crippen LogP contribution is 2.29. The summed E-state index contributed by atoms with van der Waals surface area (Å²) in [7, 11) is 0. The van der Waals surface area contributed by atoms with E-state index in [-0.39, 0.29) is 18.2 Å². The molecule has 2 N–H and O–H groups in total. The number of rotatable bonds is 5. The van der Waals surface area contributed by atoms with Gasteiger partial charge in [0, 0.05) is 11.3 Å². The van der Waals surface area contributed by atoms with E-state index in [9.17, 15) is 9.59 Å². The topological polar surface area (TPSA) is 58.2 Å². The zero-order chi connectivity index (χ0) is 16.1. The highest BCUT2D eigenvalue weighted by Gasteiger charge is 2.07. The van der Waals surface area contributed by atoms with E-state index in [1.165, 1.54) is 6.92 Å². The smallest absolute Gasteiger partial charge is 0.243 e. The van der Waals surface area contributed by atoms with Crippen molar-refractivity contribution < 1.29 is 9.59 Å². The number of nitrogens with one attached hydrogen (secondary N) is 2. The molecular weight excluding hydrogens is 323 g/mol. The van der Waals surface area contributed by atoms with E-state index in [2.05, 4.69) is 10.6 Å². The first kappa shape index (κ1) is 16.3. The van der Waals surface area contributed by atoms with E-state index in [0.29, 0.717) is 27.0 Å². The van der Waals surface area contributed by atoms with Crippen molar-refractivity contribution >= 4 is 46.3 Å². The first-order valence-corrected chi connectivity index (χ1v) is 7.31. The van der Waals surface area contributed by atoms with Crippen LogP contribution in [0, 0.1) is 0 Å². The molecule has 0 heterocycles. The van der Waals surface area contributed by atoms with Gasteiger partial charge in [-0.3, -0.25) is 9.59 Å². The lowest BCUT2D eigenvalue weighted by molar-refractivity contribution is -0.114. The van der Waals surface area contributed by atoms with Crippen LogP contribution in [0.3, 0.4) is 0 Å². The van der Waals surface area contributed by atoms with E-state index in [1.54, 1.807) is 42.5 Å². The molecule has 6 heteroatoms. The number of carbonyl (C=O) groups is 2. The third-order valence-electron chi connectivity index (χ3n) is 2.97. The Morgan fingerprint density at radius 2 is 1.73 bits per heavy atom. The Hall–Kier alpha value is -2.04. The molecule has 4 nitrogen and oxygen atoms in total. The third-order valence-corrected chi connectivity index (χ3v) is 3.79. The number of halogens is 2. The summed E-state index contributed by atoms with van der Waals surface area (Å²) in [4.78, 5) is 23.1. The molecule has 0 radical (unpaired) electrons. The molecule has 0 unspecified atom stereocenters. The summed E-state index contributed by atoms with van der Waals surface area (Å²) in [6, 6.07) is 11.9. The Bertz CT molecular complexity index is 700. The molecule has 0 aliphatic carbocycles. The summed E-state index contributed by atoms with van der Waals surface area (Å²) in [6.45, 7) is 1.54. The number of ketones is 1. The standard InChI is InChI=1S/C16H14Cl2N2O2/c1-10(21)11-5-7-12(8-6-11)20-15(22)9-19-14-4-2-3-13(17)16(14)18/h2-8,19H,9H2,1H3,(H,20,22). The predicted molar refractivity (Wildman–Crippen MR) is 90.0 cm³/mol. The van der Waals surface area contributed by atoms with Crippen LogP contribution in [0.1, 0.15) is 17.3 Å². The molecule has 0 bridgehead atoms.